The quantitative estimate of drug-likeness (QED) is 0.563. The summed E-state index contributed by atoms with van der Waals surface area (Å²) in [6, 6.07) is 6.49. The predicted octanol–water partition coefficient (Wildman–Crippen LogP) is 1.66. The van der Waals surface area contributed by atoms with E-state index in [1.165, 1.54) is 18.0 Å². The number of ether oxygens (including phenoxy) is 2. The molecule has 1 N–H and O–H groups in total. The van der Waals surface area contributed by atoms with Gasteiger partial charge in [0.1, 0.15) is 11.4 Å². The van der Waals surface area contributed by atoms with Crippen molar-refractivity contribution in [3.63, 3.8) is 0 Å². The maximum atomic E-state index is 13.1. The molecule has 11 heteroatoms. The Labute approximate surface area is 192 Å². The number of aryl methyl sites for hydroxylation is 1. The molecule has 0 aliphatic carbocycles. The molecule has 0 atom stereocenters. The van der Waals surface area contributed by atoms with E-state index < -0.39 is 11.9 Å². The summed E-state index contributed by atoms with van der Waals surface area (Å²) in [5.41, 5.74) is 0.597. The number of nitrogens with one attached hydrogen (secondary N) is 1. The molecule has 172 valence electrons. The van der Waals surface area contributed by atoms with Crippen molar-refractivity contribution < 1.29 is 23.9 Å². The summed E-state index contributed by atoms with van der Waals surface area (Å²) in [6.07, 6.45) is 1.33. The maximum absolute atomic E-state index is 13.1. The number of morpholine rings is 1. The van der Waals surface area contributed by atoms with Crippen LogP contribution in [0.4, 0.5) is 5.69 Å². The number of carbonyl (C=O) groups excluding carboxylic acids is 3. The van der Waals surface area contributed by atoms with Crippen molar-refractivity contribution >= 4 is 45.0 Å². The van der Waals surface area contributed by atoms with Crippen LogP contribution in [-0.4, -0.2) is 65.6 Å². The molecule has 0 spiro atoms. The first-order chi connectivity index (χ1) is 15.9. The number of para-hydroxylation sites is 1. The molecule has 3 aromatic rings. The number of rotatable bonds is 5. The summed E-state index contributed by atoms with van der Waals surface area (Å²) >= 11 is 1.08. The van der Waals surface area contributed by atoms with Gasteiger partial charge in [0.25, 0.3) is 11.5 Å². The minimum Gasteiger partial charge on any atom is -0.465 e. The van der Waals surface area contributed by atoms with E-state index in [9.17, 15) is 19.2 Å². The number of nitrogens with zero attached hydrogens (tertiary/aromatic N) is 3. The summed E-state index contributed by atoms with van der Waals surface area (Å²) in [5, 5.41) is 3.01. The molecule has 0 unspecified atom stereocenters. The van der Waals surface area contributed by atoms with Gasteiger partial charge in [0.05, 0.1) is 48.2 Å². The number of amides is 2. The number of methoxy groups -OCH3 is 1. The van der Waals surface area contributed by atoms with Crippen molar-refractivity contribution in [3.05, 3.63) is 57.0 Å². The number of esters is 1. The fourth-order valence-electron chi connectivity index (χ4n) is 3.61. The third kappa shape index (κ3) is 4.50. The minimum absolute atomic E-state index is 0.134. The molecule has 1 aliphatic rings. The number of carbonyl (C=O) groups is 3. The summed E-state index contributed by atoms with van der Waals surface area (Å²) < 4.78 is 11.3. The second-order valence-electron chi connectivity index (χ2n) is 7.40. The predicted molar refractivity (Wildman–Crippen MR) is 122 cm³/mol. The summed E-state index contributed by atoms with van der Waals surface area (Å²) in [4.78, 5) is 57.3. The number of aromatic nitrogens is 2. The van der Waals surface area contributed by atoms with E-state index in [0.717, 1.165) is 11.3 Å². The highest BCUT2D eigenvalue weighted by molar-refractivity contribution is 7.20. The van der Waals surface area contributed by atoms with Crippen LogP contribution < -0.4 is 10.9 Å². The van der Waals surface area contributed by atoms with Gasteiger partial charge < -0.3 is 19.7 Å². The van der Waals surface area contributed by atoms with Gasteiger partial charge in [-0.3, -0.25) is 19.0 Å². The van der Waals surface area contributed by atoms with Crippen LogP contribution in [0.25, 0.3) is 10.2 Å². The van der Waals surface area contributed by atoms with Crippen molar-refractivity contribution in [1.82, 2.24) is 14.5 Å². The second kappa shape index (κ2) is 9.51. The van der Waals surface area contributed by atoms with Gasteiger partial charge in [0, 0.05) is 13.1 Å². The van der Waals surface area contributed by atoms with Gasteiger partial charge in [-0.2, -0.15) is 0 Å². The van der Waals surface area contributed by atoms with Crippen LogP contribution >= 0.6 is 11.3 Å². The van der Waals surface area contributed by atoms with Crippen LogP contribution in [0.5, 0.6) is 0 Å². The van der Waals surface area contributed by atoms with Gasteiger partial charge in [-0.15, -0.1) is 11.3 Å². The number of hydrogen-bond acceptors (Lipinski definition) is 8. The lowest BCUT2D eigenvalue weighted by Crippen LogP contribution is -2.43. The van der Waals surface area contributed by atoms with Crippen molar-refractivity contribution in [2.24, 2.45) is 0 Å². The molecule has 0 saturated carbocycles. The number of fused-ring (bicyclic) bond motifs is 1. The Balaban J connectivity index is 1.61. The Kier molecular flexibility index (Phi) is 6.52. The molecule has 1 fully saturated rings. The Morgan fingerprint density at radius 3 is 2.67 bits per heavy atom. The first-order valence-corrected chi connectivity index (χ1v) is 11.0. The molecule has 4 rings (SSSR count). The lowest BCUT2D eigenvalue weighted by molar-refractivity contribution is -0.135. The van der Waals surface area contributed by atoms with E-state index in [4.69, 9.17) is 9.47 Å². The summed E-state index contributed by atoms with van der Waals surface area (Å²) in [7, 11) is 1.26. The van der Waals surface area contributed by atoms with Gasteiger partial charge in [0.2, 0.25) is 5.91 Å². The lowest BCUT2D eigenvalue weighted by Gasteiger charge is -2.26. The third-order valence-corrected chi connectivity index (χ3v) is 6.57. The normalized spacial score (nSPS) is 13.7. The molecule has 1 aromatic carbocycles. The molecule has 2 aromatic heterocycles. The molecule has 1 saturated heterocycles. The first kappa shape index (κ1) is 22.6. The molecule has 3 heterocycles. The van der Waals surface area contributed by atoms with Gasteiger partial charge in [-0.05, 0) is 24.6 Å². The smallest absolute Gasteiger partial charge is 0.339 e. The van der Waals surface area contributed by atoms with E-state index in [0.29, 0.717) is 52.6 Å². The number of benzene rings is 1. The molecule has 1 aliphatic heterocycles. The number of anilines is 1. The highest BCUT2D eigenvalue weighted by Gasteiger charge is 2.23. The Morgan fingerprint density at radius 2 is 1.94 bits per heavy atom. The zero-order valence-electron chi connectivity index (χ0n) is 18.1. The van der Waals surface area contributed by atoms with E-state index in [1.54, 1.807) is 36.1 Å². The SMILES string of the molecule is COC(=O)c1ccccc1NC(=O)c1sc2ncn(CC(=O)N3CCOCC3)c(=O)c2c1C. The molecular weight excluding hydrogens is 448 g/mol. The number of thiophene rings is 1. The van der Waals surface area contributed by atoms with Crippen molar-refractivity contribution in [1.29, 1.82) is 0 Å². The summed E-state index contributed by atoms with van der Waals surface area (Å²) in [5.74, 6) is -1.23. The van der Waals surface area contributed by atoms with E-state index in [1.807, 2.05) is 0 Å². The Bertz CT molecular complexity index is 1290. The molecule has 10 nitrogen and oxygen atoms in total. The molecule has 33 heavy (non-hydrogen) atoms. The molecular formula is C22H22N4O6S. The molecule has 0 bridgehead atoms. The standard InChI is InChI=1S/C22H22N4O6S/c1-13-17-20(23-12-26(21(17)29)11-16(27)25-7-9-32-10-8-25)33-18(13)19(28)24-15-6-4-3-5-14(15)22(30)31-2/h3-6,12H,7-11H2,1-2H3,(H,24,28). The van der Waals surface area contributed by atoms with Crippen LogP contribution in [0.3, 0.4) is 0 Å². The number of hydrogen-bond donors (Lipinski definition) is 1. The topological polar surface area (TPSA) is 120 Å². The van der Waals surface area contributed by atoms with Crippen LogP contribution in [0.2, 0.25) is 0 Å². The zero-order valence-corrected chi connectivity index (χ0v) is 18.9. The van der Waals surface area contributed by atoms with E-state index >= 15 is 0 Å². The summed E-state index contributed by atoms with van der Waals surface area (Å²) in [6.45, 7) is 3.44. The van der Waals surface area contributed by atoms with E-state index in [2.05, 4.69) is 10.3 Å². The van der Waals surface area contributed by atoms with Gasteiger partial charge in [-0.1, -0.05) is 12.1 Å². The van der Waals surface area contributed by atoms with Crippen LogP contribution in [-0.2, 0) is 20.8 Å². The minimum atomic E-state index is -0.576. The zero-order chi connectivity index (χ0) is 23.5. The largest absolute Gasteiger partial charge is 0.465 e. The molecule has 2 amide bonds. The first-order valence-electron chi connectivity index (χ1n) is 10.2. The monoisotopic (exact) mass is 470 g/mol. The van der Waals surface area contributed by atoms with Gasteiger partial charge in [-0.25, -0.2) is 9.78 Å². The second-order valence-corrected chi connectivity index (χ2v) is 8.40. The maximum Gasteiger partial charge on any atom is 0.339 e. The Morgan fingerprint density at radius 1 is 1.21 bits per heavy atom. The van der Waals surface area contributed by atoms with E-state index in [-0.39, 0.29) is 23.6 Å². The van der Waals surface area contributed by atoms with Gasteiger partial charge >= 0.3 is 5.97 Å². The highest BCUT2D eigenvalue weighted by atomic mass is 32.1. The van der Waals surface area contributed by atoms with Crippen LogP contribution in [0.1, 0.15) is 25.6 Å². The fraction of sp³-hybridized carbons (Fsp3) is 0.318. The molecule has 0 radical (unpaired) electrons. The van der Waals surface area contributed by atoms with Crippen LogP contribution in [0.15, 0.2) is 35.4 Å². The highest BCUT2D eigenvalue weighted by Crippen LogP contribution is 2.28. The average molecular weight is 471 g/mol. The third-order valence-electron chi connectivity index (χ3n) is 5.37. The van der Waals surface area contributed by atoms with Crippen LogP contribution in [0, 0.1) is 6.92 Å². The van der Waals surface area contributed by atoms with Crippen molar-refractivity contribution in [2.45, 2.75) is 13.5 Å². The fourth-order valence-corrected chi connectivity index (χ4v) is 4.64. The van der Waals surface area contributed by atoms with Gasteiger partial charge in [0.15, 0.2) is 0 Å². The Hall–Kier alpha value is -3.57. The van der Waals surface area contributed by atoms with Crippen molar-refractivity contribution in [3.8, 4) is 0 Å². The lowest BCUT2D eigenvalue weighted by atomic mass is 10.1. The van der Waals surface area contributed by atoms with Crippen molar-refractivity contribution in [2.75, 3.05) is 38.7 Å². The average Bonchev–Trinajstić information content (AvgIpc) is 3.18.